The third-order valence-electron chi connectivity index (χ3n) is 5.54. The van der Waals surface area contributed by atoms with Crippen LogP contribution in [0.25, 0.3) is 5.65 Å². The number of carbonyl (C=O) groups is 1. The highest BCUT2D eigenvalue weighted by Crippen LogP contribution is 2.36. The number of carbonyl (C=O) groups excluding carboxylic acids is 1. The van der Waals surface area contributed by atoms with Crippen molar-refractivity contribution in [2.45, 2.75) is 32.4 Å². The first-order valence-corrected chi connectivity index (χ1v) is 10.1. The van der Waals surface area contributed by atoms with Gasteiger partial charge in [-0.25, -0.2) is 13.9 Å². The Morgan fingerprint density at radius 2 is 2.10 bits per heavy atom. The van der Waals surface area contributed by atoms with Crippen LogP contribution in [0.15, 0.2) is 53.2 Å². The van der Waals surface area contributed by atoms with E-state index in [0.29, 0.717) is 18.7 Å². The number of hydrogen-bond donors (Lipinski definition) is 1. The molecule has 1 aliphatic heterocycles. The monoisotopic (exact) mass is 420 g/mol. The Balaban J connectivity index is 1.47. The number of anilines is 1. The summed E-state index contributed by atoms with van der Waals surface area (Å²) < 4.78 is 20.8. The topological polar surface area (TPSA) is 88.6 Å². The molecule has 0 spiro atoms. The molecule has 5 rings (SSSR count). The predicted molar refractivity (Wildman–Crippen MR) is 111 cm³/mol. The van der Waals surface area contributed by atoms with Crippen LogP contribution >= 0.6 is 0 Å². The fraction of sp³-hybridized carbons (Fsp3) is 0.273. The molecular formula is C22H21FN6O2. The van der Waals surface area contributed by atoms with Gasteiger partial charge in [0.25, 0.3) is 5.91 Å². The third kappa shape index (κ3) is 3.63. The van der Waals surface area contributed by atoms with E-state index in [1.807, 2.05) is 25.1 Å². The lowest BCUT2D eigenvalue weighted by Gasteiger charge is -2.26. The van der Waals surface area contributed by atoms with E-state index in [-0.39, 0.29) is 29.5 Å². The van der Waals surface area contributed by atoms with Gasteiger partial charge in [0.2, 0.25) is 0 Å². The molecule has 1 aromatic carbocycles. The lowest BCUT2D eigenvalue weighted by Crippen LogP contribution is -2.37. The molecule has 1 N–H and O–H groups in total. The Bertz CT molecular complexity index is 1270. The standard InChI is InChI=1S/C22H21FN6O2/c1-13-11-24-20-6-7-21(26-29(13)20)28-12-17(25-22(30)18-8-14(2)31-27-18)10-19(28)15-4-3-5-16(23)9-15/h3-9,11,17,19H,10,12H2,1-2H3,(H,25,30)/t17?,19-/m1/s1. The number of hydrogen-bond acceptors (Lipinski definition) is 6. The van der Waals surface area contributed by atoms with Gasteiger partial charge in [0.15, 0.2) is 11.3 Å². The number of imidazole rings is 1. The third-order valence-corrected chi connectivity index (χ3v) is 5.54. The van der Waals surface area contributed by atoms with Gasteiger partial charge in [-0.2, -0.15) is 0 Å². The van der Waals surface area contributed by atoms with E-state index < -0.39 is 0 Å². The Morgan fingerprint density at radius 1 is 1.23 bits per heavy atom. The number of benzene rings is 1. The van der Waals surface area contributed by atoms with E-state index >= 15 is 0 Å². The van der Waals surface area contributed by atoms with E-state index in [4.69, 9.17) is 9.62 Å². The Hall–Kier alpha value is -3.75. The van der Waals surface area contributed by atoms with Crippen molar-refractivity contribution < 1.29 is 13.7 Å². The van der Waals surface area contributed by atoms with Gasteiger partial charge in [0, 0.05) is 18.7 Å². The van der Waals surface area contributed by atoms with Crippen molar-refractivity contribution in [2.24, 2.45) is 0 Å². The molecule has 0 bridgehead atoms. The smallest absolute Gasteiger partial charge is 0.273 e. The molecule has 4 aromatic rings. The molecular weight excluding hydrogens is 399 g/mol. The number of nitrogens with one attached hydrogen (secondary N) is 1. The second kappa shape index (κ2) is 7.50. The summed E-state index contributed by atoms with van der Waals surface area (Å²) in [6, 6.07) is 11.6. The summed E-state index contributed by atoms with van der Waals surface area (Å²) in [5.74, 6) is 0.716. The first-order chi connectivity index (χ1) is 15.0. The zero-order chi connectivity index (χ0) is 21.5. The van der Waals surface area contributed by atoms with Crippen molar-refractivity contribution in [2.75, 3.05) is 11.4 Å². The lowest BCUT2D eigenvalue weighted by atomic mass is 10.0. The zero-order valence-corrected chi connectivity index (χ0v) is 17.1. The van der Waals surface area contributed by atoms with Gasteiger partial charge in [0.1, 0.15) is 17.4 Å². The largest absolute Gasteiger partial charge is 0.361 e. The van der Waals surface area contributed by atoms with Crippen molar-refractivity contribution in [3.8, 4) is 0 Å². The summed E-state index contributed by atoms with van der Waals surface area (Å²) in [6.07, 6.45) is 2.37. The number of aryl methyl sites for hydroxylation is 2. The van der Waals surface area contributed by atoms with Crippen LogP contribution < -0.4 is 10.2 Å². The van der Waals surface area contributed by atoms with Gasteiger partial charge in [-0.05, 0) is 50.1 Å². The molecule has 1 fully saturated rings. The highest BCUT2D eigenvalue weighted by molar-refractivity contribution is 5.92. The van der Waals surface area contributed by atoms with E-state index in [9.17, 15) is 9.18 Å². The Morgan fingerprint density at radius 3 is 2.87 bits per heavy atom. The SMILES string of the molecule is Cc1cc(C(=O)NC2C[C@H](c3cccc(F)c3)N(c3ccc4ncc(C)n4n3)C2)no1. The molecule has 8 nitrogen and oxygen atoms in total. The average Bonchev–Trinajstić information content (AvgIpc) is 3.47. The molecule has 1 aliphatic rings. The molecule has 1 saturated heterocycles. The second-order valence-electron chi connectivity index (χ2n) is 7.81. The van der Waals surface area contributed by atoms with E-state index in [1.165, 1.54) is 12.1 Å². The van der Waals surface area contributed by atoms with Gasteiger partial charge < -0.3 is 14.7 Å². The summed E-state index contributed by atoms with van der Waals surface area (Å²) in [6.45, 7) is 4.20. The molecule has 0 radical (unpaired) electrons. The molecule has 3 aromatic heterocycles. The minimum atomic E-state index is -0.296. The maximum atomic E-state index is 14.0. The average molecular weight is 420 g/mol. The van der Waals surface area contributed by atoms with Gasteiger partial charge >= 0.3 is 0 Å². The van der Waals surface area contributed by atoms with E-state index in [2.05, 4.69) is 20.4 Å². The molecule has 1 amide bonds. The first-order valence-electron chi connectivity index (χ1n) is 10.1. The maximum Gasteiger partial charge on any atom is 0.273 e. The van der Waals surface area contributed by atoms with Crippen molar-refractivity contribution >= 4 is 17.4 Å². The molecule has 0 aliphatic carbocycles. The van der Waals surface area contributed by atoms with Crippen LogP contribution in [0.5, 0.6) is 0 Å². The van der Waals surface area contributed by atoms with Crippen LogP contribution in [-0.4, -0.2) is 38.2 Å². The van der Waals surface area contributed by atoms with Crippen molar-refractivity contribution in [3.63, 3.8) is 0 Å². The molecule has 9 heteroatoms. The summed E-state index contributed by atoms with van der Waals surface area (Å²) >= 11 is 0. The number of fused-ring (bicyclic) bond motifs is 1. The maximum absolute atomic E-state index is 14.0. The van der Waals surface area contributed by atoms with Gasteiger partial charge in [0.05, 0.1) is 17.9 Å². The lowest BCUT2D eigenvalue weighted by molar-refractivity contribution is 0.0930. The van der Waals surface area contributed by atoms with Crippen LogP contribution in [0, 0.1) is 19.7 Å². The number of aromatic nitrogens is 4. The van der Waals surface area contributed by atoms with Crippen LogP contribution in [0.4, 0.5) is 10.2 Å². The minimum Gasteiger partial charge on any atom is -0.361 e. The van der Waals surface area contributed by atoms with Gasteiger partial charge in [-0.3, -0.25) is 4.79 Å². The molecule has 31 heavy (non-hydrogen) atoms. The number of rotatable bonds is 4. The highest BCUT2D eigenvalue weighted by Gasteiger charge is 2.35. The number of nitrogens with zero attached hydrogens (tertiary/aromatic N) is 5. The van der Waals surface area contributed by atoms with Gasteiger partial charge in [-0.1, -0.05) is 17.3 Å². The Labute approximate surface area is 177 Å². The normalized spacial score (nSPS) is 18.6. The Kier molecular flexibility index (Phi) is 4.65. The van der Waals surface area contributed by atoms with Crippen LogP contribution in [0.2, 0.25) is 0 Å². The predicted octanol–water partition coefficient (Wildman–Crippen LogP) is 3.22. The summed E-state index contributed by atoms with van der Waals surface area (Å²) in [5.41, 5.74) is 2.75. The summed E-state index contributed by atoms with van der Waals surface area (Å²) in [4.78, 5) is 19.0. The number of amides is 1. The summed E-state index contributed by atoms with van der Waals surface area (Å²) in [5, 5.41) is 11.5. The molecule has 2 atom stereocenters. The summed E-state index contributed by atoms with van der Waals surface area (Å²) in [7, 11) is 0. The first kappa shape index (κ1) is 19.2. The molecule has 1 unspecified atom stereocenters. The van der Waals surface area contributed by atoms with Crippen LogP contribution in [-0.2, 0) is 0 Å². The minimum absolute atomic E-state index is 0.145. The van der Waals surface area contributed by atoms with E-state index in [0.717, 1.165) is 22.7 Å². The van der Waals surface area contributed by atoms with Crippen LogP contribution in [0.3, 0.4) is 0 Å². The van der Waals surface area contributed by atoms with Gasteiger partial charge in [-0.15, -0.1) is 5.10 Å². The van der Waals surface area contributed by atoms with E-state index in [1.54, 1.807) is 29.8 Å². The second-order valence-corrected chi connectivity index (χ2v) is 7.81. The number of halogens is 1. The van der Waals surface area contributed by atoms with Crippen molar-refractivity contribution in [1.82, 2.24) is 25.1 Å². The zero-order valence-electron chi connectivity index (χ0n) is 17.1. The quantitative estimate of drug-likeness (QED) is 0.545. The fourth-order valence-electron chi connectivity index (χ4n) is 4.09. The molecule has 4 heterocycles. The molecule has 0 saturated carbocycles. The van der Waals surface area contributed by atoms with Crippen molar-refractivity contribution in [3.05, 3.63) is 77.2 Å². The molecule has 158 valence electrons. The van der Waals surface area contributed by atoms with Crippen LogP contribution in [0.1, 0.15) is 40.0 Å². The fourth-order valence-corrected chi connectivity index (χ4v) is 4.09. The highest BCUT2D eigenvalue weighted by atomic mass is 19.1. The van der Waals surface area contributed by atoms with Crippen molar-refractivity contribution in [1.29, 1.82) is 0 Å².